The van der Waals surface area contributed by atoms with Gasteiger partial charge in [0.15, 0.2) is 0 Å². The Bertz CT molecular complexity index is 671. The van der Waals surface area contributed by atoms with E-state index in [1.807, 2.05) is 0 Å². The van der Waals surface area contributed by atoms with Crippen molar-refractivity contribution < 1.29 is 23.9 Å². The third kappa shape index (κ3) is 26.1. The fraction of sp³-hybridized carbons (Fsp3) is 0.892. The van der Waals surface area contributed by atoms with Gasteiger partial charge in [-0.1, -0.05) is 142 Å². The number of hydrogen-bond donors (Lipinski definition) is 0. The molecule has 0 aliphatic carbocycles. The van der Waals surface area contributed by atoms with Crippen LogP contribution in [0.25, 0.3) is 0 Å². The number of carbonyl (C=O) groups is 4. The maximum Gasteiger partial charge on any atom is 0.316 e. The number of esters is 1. The number of rotatable bonds is 33. The van der Waals surface area contributed by atoms with Crippen molar-refractivity contribution in [3.05, 3.63) is 0 Å². The van der Waals surface area contributed by atoms with Gasteiger partial charge in [0.25, 0.3) is 0 Å². The molecule has 0 aliphatic rings. The second-order valence-electron chi connectivity index (χ2n) is 12.6. The van der Waals surface area contributed by atoms with Gasteiger partial charge >= 0.3 is 5.97 Å². The lowest BCUT2D eigenvalue weighted by molar-refractivity contribution is -0.149. The first-order valence-electron chi connectivity index (χ1n) is 18.1. The Hall–Kier alpha value is -1.52. The molecule has 0 bridgehead atoms. The van der Waals surface area contributed by atoms with E-state index in [1.54, 1.807) is 0 Å². The highest BCUT2D eigenvalue weighted by molar-refractivity contribution is 5.99. The number of unbranched alkanes of at least 4 members (excludes halogenated alkanes) is 20. The average molecular weight is 593 g/mol. The molecule has 42 heavy (non-hydrogen) atoms. The second kappa shape index (κ2) is 30.9. The zero-order valence-corrected chi connectivity index (χ0v) is 28.1. The summed E-state index contributed by atoms with van der Waals surface area (Å²) in [6.45, 7) is 4.49. The van der Waals surface area contributed by atoms with Crippen LogP contribution in [0.1, 0.15) is 200 Å². The average Bonchev–Trinajstić information content (AvgIpc) is 2.98. The Morgan fingerprint density at radius 2 is 0.762 bits per heavy atom. The Kier molecular flexibility index (Phi) is 29.8. The summed E-state index contributed by atoms with van der Waals surface area (Å²) in [6, 6.07) is 0. The van der Waals surface area contributed by atoms with E-state index in [1.165, 1.54) is 123 Å². The molecule has 0 aliphatic heterocycles. The molecule has 5 nitrogen and oxygen atoms in total. The minimum absolute atomic E-state index is 0.120. The highest BCUT2D eigenvalue weighted by atomic mass is 16.5. The molecule has 5 heteroatoms. The van der Waals surface area contributed by atoms with Crippen molar-refractivity contribution in [2.45, 2.75) is 200 Å². The Morgan fingerprint density at radius 3 is 1.14 bits per heavy atom. The molecule has 0 fully saturated rings. The topological polar surface area (TPSA) is 77.5 Å². The molecule has 0 aromatic rings. The highest BCUT2D eigenvalue weighted by Gasteiger charge is 2.27. The lowest BCUT2D eigenvalue weighted by Gasteiger charge is -2.13. The highest BCUT2D eigenvalue weighted by Crippen LogP contribution is 2.18. The molecular weight excluding hydrogens is 524 g/mol. The third-order valence-electron chi connectivity index (χ3n) is 8.58. The zero-order chi connectivity index (χ0) is 31.1. The van der Waals surface area contributed by atoms with Crippen molar-refractivity contribution >= 4 is 23.3 Å². The zero-order valence-electron chi connectivity index (χ0n) is 28.1. The van der Waals surface area contributed by atoms with E-state index in [0.29, 0.717) is 25.7 Å². The standard InChI is InChI=1S/C37H68O5/c1-4-6-8-10-12-14-16-18-20-22-24-27-33(38)29-26-30-36(40)35(37(41)42-3)32-31-34(39)28-25-23-21-19-17-15-13-11-9-7-5-2/h35H,4-32H2,1-3H3. The quantitative estimate of drug-likeness (QED) is 0.0430. The number of methoxy groups -OCH3 is 1. The number of carbonyl (C=O) groups excluding carboxylic acids is 4. The van der Waals surface area contributed by atoms with Crippen LogP contribution in [0.15, 0.2) is 0 Å². The molecule has 0 radical (unpaired) electrons. The first-order valence-corrected chi connectivity index (χ1v) is 18.1. The molecule has 0 aromatic carbocycles. The van der Waals surface area contributed by atoms with Crippen LogP contribution < -0.4 is 0 Å². The van der Waals surface area contributed by atoms with Gasteiger partial charge in [-0.15, -0.1) is 0 Å². The maximum absolute atomic E-state index is 12.7. The molecule has 0 aromatic heterocycles. The molecule has 0 saturated heterocycles. The summed E-state index contributed by atoms with van der Waals surface area (Å²) in [5.41, 5.74) is 0. The van der Waals surface area contributed by atoms with Crippen LogP contribution in [0.5, 0.6) is 0 Å². The van der Waals surface area contributed by atoms with Gasteiger partial charge in [-0.25, -0.2) is 0 Å². The van der Waals surface area contributed by atoms with Crippen LogP contribution in [-0.2, 0) is 23.9 Å². The van der Waals surface area contributed by atoms with Gasteiger partial charge in [-0.05, 0) is 25.7 Å². The van der Waals surface area contributed by atoms with Crippen molar-refractivity contribution in [2.75, 3.05) is 7.11 Å². The third-order valence-corrected chi connectivity index (χ3v) is 8.58. The summed E-state index contributed by atoms with van der Waals surface area (Å²) in [4.78, 5) is 49.6. The lowest BCUT2D eigenvalue weighted by atomic mass is 9.92. The smallest absolute Gasteiger partial charge is 0.316 e. The monoisotopic (exact) mass is 593 g/mol. The van der Waals surface area contributed by atoms with Crippen molar-refractivity contribution in [3.8, 4) is 0 Å². The van der Waals surface area contributed by atoms with Gasteiger partial charge in [0.05, 0.1) is 7.11 Å². The van der Waals surface area contributed by atoms with Crippen molar-refractivity contribution in [1.29, 1.82) is 0 Å². The summed E-state index contributed by atoms with van der Waals surface area (Å²) in [5.74, 6) is -1.33. The summed E-state index contributed by atoms with van der Waals surface area (Å²) in [6.07, 6.45) is 30.1. The number of ketones is 3. The van der Waals surface area contributed by atoms with Gasteiger partial charge in [0.1, 0.15) is 23.3 Å². The fourth-order valence-corrected chi connectivity index (χ4v) is 5.71. The first kappa shape index (κ1) is 40.5. The fourth-order valence-electron chi connectivity index (χ4n) is 5.71. The van der Waals surface area contributed by atoms with E-state index in [-0.39, 0.29) is 36.6 Å². The van der Waals surface area contributed by atoms with Gasteiger partial charge in [-0.2, -0.15) is 0 Å². The minimum Gasteiger partial charge on any atom is -0.468 e. The molecule has 0 amide bonds. The SMILES string of the molecule is CCCCCCCCCCCCCC(=O)CCCC(=O)C(CCC(=O)CCCCCCCCCCCCC)C(=O)OC. The lowest BCUT2D eigenvalue weighted by Crippen LogP contribution is -2.26. The molecule has 246 valence electrons. The molecular formula is C37H68O5. The molecule has 0 spiro atoms. The van der Waals surface area contributed by atoms with Crippen molar-refractivity contribution in [2.24, 2.45) is 5.92 Å². The second-order valence-corrected chi connectivity index (χ2v) is 12.6. The van der Waals surface area contributed by atoms with E-state index in [2.05, 4.69) is 13.8 Å². The van der Waals surface area contributed by atoms with E-state index in [0.717, 1.165) is 25.7 Å². The van der Waals surface area contributed by atoms with E-state index in [4.69, 9.17) is 4.74 Å². The largest absolute Gasteiger partial charge is 0.468 e. The summed E-state index contributed by atoms with van der Waals surface area (Å²) in [7, 11) is 1.28. The minimum atomic E-state index is -0.891. The predicted molar refractivity (Wildman–Crippen MR) is 176 cm³/mol. The van der Waals surface area contributed by atoms with Gasteiger partial charge in [0, 0.05) is 32.1 Å². The van der Waals surface area contributed by atoms with Crippen molar-refractivity contribution in [3.63, 3.8) is 0 Å². The molecule has 0 saturated carbocycles. The number of Topliss-reactive ketones (excluding diaryl/α,β-unsaturated/α-hetero) is 3. The van der Waals surface area contributed by atoms with E-state index < -0.39 is 11.9 Å². The Balaban J connectivity index is 3.92. The Morgan fingerprint density at radius 1 is 0.429 bits per heavy atom. The Labute approximate surface area is 260 Å². The van der Waals surface area contributed by atoms with Crippen LogP contribution in [0.3, 0.4) is 0 Å². The van der Waals surface area contributed by atoms with Crippen LogP contribution >= 0.6 is 0 Å². The molecule has 0 rings (SSSR count). The first-order chi connectivity index (χ1) is 20.5. The predicted octanol–water partition coefficient (Wildman–Crippen LogP) is 10.8. The summed E-state index contributed by atoms with van der Waals surface area (Å²) >= 11 is 0. The van der Waals surface area contributed by atoms with Gasteiger partial charge in [0.2, 0.25) is 0 Å². The number of hydrogen-bond acceptors (Lipinski definition) is 5. The van der Waals surface area contributed by atoms with E-state index >= 15 is 0 Å². The molecule has 1 unspecified atom stereocenters. The molecule has 0 N–H and O–H groups in total. The molecule has 0 heterocycles. The van der Waals surface area contributed by atoms with Crippen LogP contribution in [-0.4, -0.2) is 30.4 Å². The van der Waals surface area contributed by atoms with Crippen LogP contribution in [0.4, 0.5) is 0 Å². The van der Waals surface area contributed by atoms with Crippen molar-refractivity contribution in [1.82, 2.24) is 0 Å². The van der Waals surface area contributed by atoms with Gasteiger partial charge < -0.3 is 4.74 Å². The van der Waals surface area contributed by atoms with E-state index in [9.17, 15) is 19.2 Å². The molecule has 1 atom stereocenters. The summed E-state index contributed by atoms with van der Waals surface area (Å²) in [5, 5.41) is 0. The van der Waals surface area contributed by atoms with Crippen LogP contribution in [0.2, 0.25) is 0 Å². The number of ether oxygens (including phenoxy) is 1. The maximum atomic E-state index is 12.7. The van der Waals surface area contributed by atoms with Gasteiger partial charge in [-0.3, -0.25) is 19.2 Å². The van der Waals surface area contributed by atoms with Crippen LogP contribution in [0, 0.1) is 5.92 Å². The summed E-state index contributed by atoms with van der Waals surface area (Å²) < 4.78 is 4.85. The normalized spacial score (nSPS) is 11.9.